The lowest BCUT2D eigenvalue weighted by atomic mass is 9.69. The van der Waals surface area contributed by atoms with Crippen molar-refractivity contribution in [3.05, 3.63) is 76.8 Å². The van der Waals surface area contributed by atoms with Gasteiger partial charge in [0.25, 0.3) is 0 Å². The summed E-state index contributed by atoms with van der Waals surface area (Å²) < 4.78 is 0. The molecule has 2 aromatic rings. The fraction of sp³-hybridized carbons (Fsp3) is 0.304. The van der Waals surface area contributed by atoms with E-state index in [1.807, 2.05) is 55.5 Å². The summed E-state index contributed by atoms with van der Waals surface area (Å²) in [5.74, 6) is -1.05. The molecule has 1 aliphatic carbocycles. The third kappa shape index (κ3) is 3.69. The molecule has 1 fully saturated rings. The Kier molecular flexibility index (Phi) is 5.23. The van der Waals surface area contributed by atoms with Gasteiger partial charge in [-0.1, -0.05) is 53.6 Å². The van der Waals surface area contributed by atoms with Crippen molar-refractivity contribution < 1.29 is 9.59 Å². The highest BCUT2D eigenvalue weighted by molar-refractivity contribution is 6.30. The number of carbonyl (C=O) groups excluding carboxylic acids is 2. The summed E-state index contributed by atoms with van der Waals surface area (Å²) in [5.41, 5.74) is 3.08. The highest BCUT2D eigenvalue weighted by Crippen LogP contribution is 2.42. The van der Waals surface area contributed by atoms with Gasteiger partial charge < -0.3 is 5.32 Å². The first-order chi connectivity index (χ1) is 13.5. The van der Waals surface area contributed by atoms with Gasteiger partial charge in [-0.3, -0.25) is 14.9 Å². The van der Waals surface area contributed by atoms with Crippen LogP contribution in [0.1, 0.15) is 30.0 Å². The van der Waals surface area contributed by atoms with Gasteiger partial charge in [-0.2, -0.15) is 0 Å². The maximum atomic E-state index is 13.0. The fourth-order valence-electron chi connectivity index (χ4n) is 4.26. The second-order valence-electron chi connectivity index (χ2n) is 7.61. The van der Waals surface area contributed by atoms with E-state index in [1.54, 1.807) is 0 Å². The number of nitrogens with one attached hydrogen (secondary N) is 2. The Morgan fingerprint density at radius 1 is 1.04 bits per heavy atom. The number of carbonyl (C=O) groups is 2. The minimum Gasteiger partial charge on any atom is -0.377 e. The van der Waals surface area contributed by atoms with Crippen LogP contribution < -0.4 is 10.6 Å². The van der Waals surface area contributed by atoms with Crippen molar-refractivity contribution in [3.8, 4) is 0 Å². The van der Waals surface area contributed by atoms with Crippen LogP contribution in [0.25, 0.3) is 0 Å². The molecular formula is C23H23ClN2O2. The first-order valence-electron chi connectivity index (χ1n) is 9.63. The largest absolute Gasteiger partial charge is 0.377 e. The van der Waals surface area contributed by atoms with E-state index < -0.39 is 0 Å². The number of piperidine rings is 1. The number of amides is 2. The molecule has 1 unspecified atom stereocenters. The standard InChI is InChI=1S/C23H23ClN2O2/c1-14-6-12-17(13-7-14)25-21(15-8-10-16(24)11-9-15)20-18-4-2-3-5-19(18)22(27)26-23(20)28/h2,4,6-13,18-21,25H,3,5H2,1H3,(H,26,27,28)/t18-,19?,20+,21+/m0/s1. The van der Waals surface area contributed by atoms with Crippen molar-refractivity contribution in [2.24, 2.45) is 17.8 Å². The molecule has 4 atom stereocenters. The van der Waals surface area contributed by atoms with Gasteiger partial charge >= 0.3 is 0 Å². The molecule has 1 aliphatic heterocycles. The molecule has 0 aromatic heterocycles. The van der Waals surface area contributed by atoms with Gasteiger partial charge in [0.05, 0.1) is 12.0 Å². The second-order valence-corrected chi connectivity index (χ2v) is 8.04. The fourth-order valence-corrected chi connectivity index (χ4v) is 4.38. The van der Waals surface area contributed by atoms with E-state index in [-0.39, 0.29) is 35.6 Å². The Bertz CT molecular complexity index is 905. The Morgan fingerprint density at radius 2 is 1.75 bits per heavy atom. The van der Waals surface area contributed by atoms with Gasteiger partial charge in [-0.25, -0.2) is 0 Å². The normalized spacial score (nSPS) is 25.0. The smallest absolute Gasteiger partial charge is 0.232 e. The molecule has 2 aliphatic rings. The van der Waals surface area contributed by atoms with Crippen LogP contribution in [0.3, 0.4) is 0 Å². The summed E-state index contributed by atoms with van der Waals surface area (Å²) in [6.07, 6.45) is 5.78. The lowest BCUT2D eigenvalue weighted by Gasteiger charge is -2.41. The number of fused-ring (bicyclic) bond motifs is 1. The van der Waals surface area contributed by atoms with Crippen LogP contribution in [-0.2, 0) is 9.59 Å². The third-order valence-electron chi connectivity index (χ3n) is 5.73. The van der Waals surface area contributed by atoms with Crippen LogP contribution in [0.2, 0.25) is 5.02 Å². The molecular weight excluding hydrogens is 372 g/mol. The summed E-state index contributed by atoms with van der Waals surface area (Å²) in [7, 11) is 0. The number of allylic oxidation sites excluding steroid dienone is 2. The van der Waals surface area contributed by atoms with Gasteiger partial charge in [0.1, 0.15) is 0 Å². The zero-order valence-electron chi connectivity index (χ0n) is 15.7. The van der Waals surface area contributed by atoms with E-state index in [1.165, 1.54) is 5.56 Å². The molecule has 2 amide bonds. The monoisotopic (exact) mass is 394 g/mol. The molecule has 0 radical (unpaired) electrons. The van der Waals surface area contributed by atoms with Crippen molar-refractivity contribution in [2.45, 2.75) is 25.8 Å². The molecule has 1 heterocycles. The summed E-state index contributed by atoms with van der Waals surface area (Å²) in [4.78, 5) is 25.3. The quantitative estimate of drug-likeness (QED) is 0.585. The van der Waals surface area contributed by atoms with E-state index in [0.29, 0.717) is 5.02 Å². The summed E-state index contributed by atoms with van der Waals surface area (Å²) >= 11 is 6.08. The topological polar surface area (TPSA) is 58.2 Å². The number of hydrogen-bond acceptors (Lipinski definition) is 3. The lowest BCUT2D eigenvalue weighted by molar-refractivity contribution is -0.143. The number of rotatable bonds is 4. The van der Waals surface area contributed by atoms with Gasteiger partial charge in [-0.05, 0) is 49.6 Å². The molecule has 4 rings (SSSR count). The zero-order valence-corrected chi connectivity index (χ0v) is 16.4. The molecule has 144 valence electrons. The highest BCUT2D eigenvalue weighted by Gasteiger charge is 2.46. The van der Waals surface area contributed by atoms with Gasteiger partial charge in [-0.15, -0.1) is 0 Å². The Balaban J connectivity index is 1.74. The first kappa shape index (κ1) is 18.8. The predicted octanol–water partition coefficient (Wildman–Crippen LogP) is 4.66. The molecule has 2 aromatic carbocycles. The lowest BCUT2D eigenvalue weighted by Crippen LogP contribution is -2.54. The minimum absolute atomic E-state index is 0.117. The van der Waals surface area contributed by atoms with E-state index in [4.69, 9.17) is 11.6 Å². The van der Waals surface area contributed by atoms with Gasteiger partial charge in [0.2, 0.25) is 11.8 Å². The highest BCUT2D eigenvalue weighted by atomic mass is 35.5. The number of imide groups is 1. The number of benzene rings is 2. The molecule has 4 nitrogen and oxygen atoms in total. The van der Waals surface area contributed by atoms with Crippen LogP contribution in [0.5, 0.6) is 0 Å². The van der Waals surface area contributed by atoms with E-state index in [2.05, 4.69) is 22.8 Å². The number of hydrogen-bond donors (Lipinski definition) is 2. The first-order valence-corrected chi connectivity index (χ1v) is 10.0. The summed E-state index contributed by atoms with van der Waals surface area (Å²) in [6.45, 7) is 2.04. The molecule has 28 heavy (non-hydrogen) atoms. The molecule has 2 N–H and O–H groups in total. The maximum absolute atomic E-state index is 13.0. The predicted molar refractivity (Wildman–Crippen MR) is 111 cm³/mol. The van der Waals surface area contributed by atoms with Crippen LogP contribution >= 0.6 is 11.6 Å². The van der Waals surface area contributed by atoms with Crippen LogP contribution in [0.4, 0.5) is 5.69 Å². The number of halogens is 1. The van der Waals surface area contributed by atoms with Gasteiger partial charge in [0, 0.05) is 22.5 Å². The maximum Gasteiger partial charge on any atom is 0.232 e. The van der Waals surface area contributed by atoms with Crippen molar-refractivity contribution in [1.29, 1.82) is 0 Å². The van der Waals surface area contributed by atoms with Crippen molar-refractivity contribution in [1.82, 2.24) is 5.32 Å². The average Bonchev–Trinajstić information content (AvgIpc) is 2.69. The Labute approximate surface area is 170 Å². The van der Waals surface area contributed by atoms with E-state index >= 15 is 0 Å². The Morgan fingerprint density at radius 3 is 2.46 bits per heavy atom. The number of aryl methyl sites for hydroxylation is 1. The average molecular weight is 395 g/mol. The SMILES string of the molecule is Cc1ccc(N[C@H](c2ccc(Cl)cc2)[C@@H]2C(=O)NC(=O)C3CCC=C[C@@H]32)cc1. The van der Waals surface area contributed by atoms with Crippen LogP contribution in [0, 0.1) is 24.7 Å². The molecule has 0 saturated carbocycles. The Hall–Kier alpha value is -2.59. The summed E-state index contributed by atoms with van der Waals surface area (Å²) in [6, 6.07) is 15.4. The zero-order chi connectivity index (χ0) is 19.7. The summed E-state index contributed by atoms with van der Waals surface area (Å²) in [5, 5.41) is 6.80. The minimum atomic E-state index is -0.387. The van der Waals surface area contributed by atoms with Gasteiger partial charge in [0.15, 0.2) is 0 Å². The van der Waals surface area contributed by atoms with Crippen molar-refractivity contribution in [3.63, 3.8) is 0 Å². The second kappa shape index (κ2) is 7.80. The van der Waals surface area contributed by atoms with Crippen molar-refractivity contribution in [2.75, 3.05) is 5.32 Å². The van der Waals surface area contributed by atoms with Crippen molar-refractivity contribution >= 4 is 29.1 Å². The molecule has 5 heteroatoms. The molecule has 0 bridgehead atoms. The molecule has 1 saturated heterocycles. The number of anilines is 1. The van der Waals surface area contributed by atoms with Crippen LogP contribution in [-0.4, -0.2) is 11.8 Å². The third-order valence-corrected chi connectivity index (χ3v) is 5.98. The van der Waals surface area contributed by atoms with Crippen LogP contribution in [0.15, 0.2) is 60.7 Å². The van der Waals surface area contributed by atoms with E-state index in [0.717, 1.165) is 24.1 Å². The molecule has 0 spiro atoms. The van der Waals surface area contributed by atoms with E-state index in [9.17, 15) is 9.59 Å².